The summed E-state index contributed by atoms with van der Waals surface area (Å²) in [4.78, 5) is 16.7. The smallest absolute Gasteiger partial charge is 0.322 e. The van der Waals surface area contributed by atoms with Gasteiger partial charge in [-0.3, -0.25) is 0 Å². The van der Waals surface area contributed by atoms with Crippen molar-refractivity contribution in [3.63, 3.8) is 0 Å². The molecule has 0 aliphatic carbocycles. The second-order valence-electron chi connectivity index (χ2n) is 7.64. The predicted octanol–water partition coefficient (Wildman–Crippen LogP) is 3.58. The number of rotatable bonds is 3. The number of piperidine rings is 1. The van der Waals surface area contributed by atoms with E-state index in [1.165, 1.54) is 18.6 Å². The van der Waals surface area contributed by atoms with Crippen LogP contribution in [0.15, 0.2) is 18.2 Å². The van der Waals surface area contributed by atoms with Crippen LogP contribution in [0.2, 0.25) is 0 Å². The molecule has 1 aromatic carbocycles. The van der Waals surface area contributed by atoms with Crippen molar-refractivity contribution in [2.75, 3.05) is 29.9 Å². The highest BCUT2D eigenvalue weighted by atomic mass is 19.1. The maximum absolute atomic E-state index is 13.8. The van der Waals surface area contributed by atoms with E-state index >= 15 is 0 Å². The lowest BCUT2D eigenvalue weighted by atomic mass is 9.97. The van der Waals surface area contributed by atoms with Gasteiger partial charge in [0.05, 0.1) is 23.0 Å². The van der Waals surface area contributed by atoms with Crippen molar-refractivity contribution in [3.05, 3.63) is 24.0 Å². The Morgan fingerprint density at radius 2 is 1.92 bits per heavy atom. The number of aliphatic hydroxyl groups is 1. The number of urea groups is 1. The number of carbonyl (C=O) groups excluding carboxylic acids is 1. The number of halogens is 1. The number of anilines is 2. The van der Waals surface area contributed by atoms with Crippen molar-refractivity contribution >= 4 is 17.4 Å². The standard InChI is InChI=1S/C19H28FN3O2/c1-19(2,25)17-7-6-12-23(17)18(24)21-15-13-14(20)8-9-16(15)22-10-4-3-5-11-22/h8-9,13,17,25H,3-7,10-12H2,1-2H3,(H,21,24). The lowest BCUT2D eigenvalue weighted by Gasteiger charge is -2.35. The first-order chi connectivity index (χ1) is 11.9. The molecule has 25 heavy (non-hydrogen) atoms. The maximum atomic E-state index is 13.8. The van der Waals surface area contributed by atoms with Crippen LogP contribution < -0.4 is 10.2 Å². The Morgan fingerprint density at radius 3 is 2.60 bits per heavy atom. The molecular formula is C19H28FN3O2. The molecule has 3 rings (SSSR count). The van der Waals surface area contributed by atoms with Gasteiger partial charge in [-0.25, -0.2) is 9.18 Å². The fourth-order valence-corrected chi connectivity index (χ4v) is 3.95. The van der Waals surface area contributed by atoms with Crippen LogP contribution in [0, 0.1) is 5.82 Å². The highest BCUT2D eigenvalue weighted by Crippen LogP contribution is 2.31. The summed E-state index contributed by atoms with van der Waals surface area (Å²) < 4.78 is 13.8. The van der Waals surface area contributed by atoms with Crippen LogP contribution in [-0.2, 0) is 0 Å². The summed E-state index contributed by atoms with van der Waals surface area (Å²) in [6, 6.07) is 4.08. The molecule has 0 aromatic heterocycles. The van der Waals surface area contributed by atoms with E-state index < -0.39 is 5.60 Å². The van der Waals surface area contributed by atoms with Crippen LogP contribution in [0.1, 0.15) is 46.0 Å². The first kappa shape index (κ1) is 18.0. The highest BCUT2D eigenvalue weighted by molar-refractivity contribution is 5.93. The molecule has 2 amide bonds. The number of likely N-dealkylation sites (tertiary alicyclic amines) is 1. The number of nitrogens with zero attached hydrogens (tertiary/aromatic N) is 2. The lowest BCUT2D eigenvalue weighted by Crippen LogP contribution is -2.49. The summed E-state index contributed by atoms with van der Waals surface area (Å²) in [7, 11) is 0. The summed E-state index contributed by atoms with van der Waals surface area (Å²) >= 11 is 0. The molecule has 1 aromatic rings. The number of nitrogens with one attached hydrogen (secondary N) is 1. The van der Waals surface area contributed by atoms with Crippen LogP contribution in [0.4, 0.5) is 20.6 Å². The molecular weight excluding hydrogens is 321 g/mol. The Kier molecular flexibility index (Phi) is 5.18. The molecule has 6 heteroatoms. The van der Waals surface area contributed by atoms with Gasteiger partial charge in [0.1, 0.15) is 5.82 Å². The minimum atomic E-state index is -0.953. The van der Waals surface area contributed by atoms with Gasteiger partial charge in [-0.2, -0.15) is 0 Å². The van der Waals surface area contributed by atoms with Crippen molar-refractivity contribution in [2.45, 2.75) is 57.6 Å². The van der Waals surface area contributed by atoms with Crippen LogP contribution in [-0.4, -0.2) is 47.3 Å². The number of hydrogen-bond acceptors (Lipinski definition) is 3. The summed E-state index contributed by atoms with van der Waals surface area (Å²) in [6.45, 7) is 5.90. The molecule has 2 N–H and O–H groups in total. The van der Waals surface area contributed by atoms with Crippen molar-refractivity contribution in [1.82, 2.24) is 4.90 Å². The summed E-state index contributed by atoms with van der Waals surface area (Å²) in [6.07, 6.45) is 5.07. The van der Waals surface area contributed by atoms with Crippen LogP contribution in [0.5, 0.6) is 0 Å². The van der Waals surface area contributed by atoms with E-state index in [2.05, 4.69) is 10.2 Å². The van der Waals surface area contributed by atoms with Gasteiger partial charge in [0.25, 0.3) is 0 Å². The van der Waals surface area contributed by atoms with E-state index in [0.29, 0.717) is 12.2 Å². The quantitative estimate of drug-likeness (QED) is 0.877. The van der Waals surface area contributed by atoms with Gasteiger partial charge in [0.2, 0.25) is 0 Å². The lowest BCUT2D eigenvalue weighted by molar-refractivity contribution is 0.0117. The predicted molar refractivity (Wildman–Crippen MR) is 97.5 cm³/mol. The van der Waals surface area contributed by atoms with Gasteiger partial charge in [-0.15, -0.1) is 0 Å². The van der Waals surface area contributed by atoms with Gasteiger partial charge in [0.15, 0.2) is 0 Å². The highest BCUT2D eigenvalue weighted by Gasteiger charge is 2.38. The van der Waals surface area contributed by atoms with E-state index in [1.807, 2.05) is 0 Å². The number of amides is 2. The van der Waals surface area contributed by atoms with Crippen molar-refractivity contribution in [2.24, 2.45) is 0 Å². The fraction of sp³-hybridized carbons (Fsp3) is 0.632. The Morgan fingerprint density at radius 1 is 1.20 bits per heavy atom. The Balaban J connectivity index is 1.79. The fourth-order valence-electron chi connectivity index (χ4n) is 3.95. The van der Waals surface area contributed by atoms with Crippen molar-refractivity contribution < 1.29 is 14.3 Å². The SMILES string of the molecule is CC(C)(O)C1CCCN1C(=O)Nc1cc(F)ccc1N1CCCCC1. The number of hydrogen-bond donors (Lipinski definition) is 2. The Hall–Kier alpha value is -1.82. The third-order valence-corrected chi connectivity index (χ3v) is 5.23. The van der Waals surface area contributed by atoms with Crippen molar-refractivity contribution in [3.8, 4) is 0 Å². The molecule has 2 aliphatic heterocycles. The topological polar surface area (TPSA) is 55.8 Å². The zero-order valence-corrected chi connectivity index (χ0v) is 15.1. The molecule has 1 unspecified atom stereocenters. The molecule has 5 nitrogen and oxygen atoms in total. The van der Waals surface area contributed by atoms with Gasteiger partial charge < -0.3 is 20.2 Å². The average molecular weight is 349 g/mol. The Labute approximate surface area is 148 Å². The largest absolute Gasteiger partial charge is 0.388 e. The number of benzene rings is 1. The molecule has 0 spiro atoms. The summed E-state index contributed by atoms with van der Waals surface area (Å²) in [5, 5.41) is 13.2. The summed E-state index contributed by atoms with van der Waals surface area (Å²) in [5.41, 5.74) is 0.424. The molecule has 1 atom stereocenters. The molecule has 2 saturated heterocycles. The molecule has 0 saturated carbocycles. The monoisotopic (exact) mass is 349 g/mol. The first-order valence-electron chi connectivity index (χ1n) is 9.21. The minimum absolute atomic E-state index is 0.223. The summed E-state index contributed by atoms with van der Waals surface area (Å²) in [5.74, 6) is -0.364. The van der Waals surface area contributed by atoms with E-state index in [0.717, 1.165) is 44.5 Å². The van der Waals surface area contributed by atoms with Gasteiger partial charge in [-0.05, 0) is 64.2 Å². The third kappa shape index (κ3) is 4.06. The van der Waals surface area contributed by atoms with Gasteiger partial charge >= 0.3 is 6.03 Å². The second kappa shape index (κ2) is 7.20. The van der Waals surface area contributed by atoms with Crippen LogP contribution in [0.25, 0.3) is 0 Å². The van der Waals surface area contributed by atoms with Crippen LogP contribution >= 0.6 is 0 Å². The van der Waals surface area contributed by atoms with Gasteiger partial charge in [-0.1, -0.05) is 0 Å². The van der Waals surface area contributed by atoms with E-state index in [-0.39, 0.29) is 17.9 Å². The van der Waals surface area contributed by atoms with Crippen molar-refractivity contribution in [1.29, 1.82) is 0 Å². The third-order valence-electron chi connectivity index (χ3n) is 5.23. The van der Waals surface area contributed by atoms with E-state index in [4.69, 9.17) is 0 Å². The number of carbonyl (C=O) groups is 1. The molecule has 2 aliphatic rings. The maximum Gasteiger partial charge on any atom is 0.322 e. The normalized spacial score (nSPS) is 21.5. The zero-order valence-electron chi connectivity index (χ0n) is 15.1. The van der Waals surface area contributed by atoms with Crippen LogP contribution in [0.3, 0.4) is 0 Å². The molecule has 0 radical (unpaired) electrons. The van der Waals surface area contributed by atoms with E-state index in [9.17, 15) is 14.3 Å². The minimum Gasteiger partial charge on any atom is -0.388 e. The van der Waals surface area contributed by atoms with Gasteiger partial charge in [0, 0.05) is 19.6 Å². The average Bonchev–Trinajstić information content (AvgIpc) is 3.06. The molecule has 0 bridgehead atoms. The first-order valence-corrected chi connectivity index (χ1v) is 9.21. The zero-order chi connectivity index (χ0) is 18.0. The molecule has 138 valence electrons. The molecule has 2 fully saturated rings. The van der Waals surface area contributed by atoms with E-state index in [1.54, 1.807) is 24.8 Å². The Bertz CT molecular complexity index is 624. The molecule has 2 heterocycles. The second-order valence-corrected chi connectivity index (χ2v) is 7.64.